The van der Waals surface area contributed by atoms with E-state index in [0.717, 1.165) is 11.4 Å². The molecule has 2 aromatic rings. The fraction of sp³-hybridized carbons (Fsp3) is 0.188. The summed E-state index contributed by atoms with van der Waals surface area (Å²) in [6.07, 6.45) is -0.236. The first-order chi connectivity index (χ1) is 8.83. The van der Waals surface area contributed by atoms with Crippen molar-refractivity contribution in [2.45, 2.75) is 13.2 Å². The molecule has 0 aliphatic heterocycles. The lowest BCUT2D eigenvalue weighted by Crippen LogP contribution is -2.31. The molecule has 0 aliphatic rings. The minimum absolute atomic E-state index is 0.236. The molecule has 0 fully saturated rings. The normalized spacial score (nSPS) is 12.1. The van der Waals surface area contributed by atoms with Gasteiger partial charge in [-0.25, -0.2) is 0 Å². The molecule has 0 aromatic heterocycles. The summed E-state index contributed by atoms with van der Waals surface area (Å²) in [6, 6.07) is 20.3. The fourth-order valence-electron chi connectivity index (χ4n) is 1.93. The minimum Gasteiger partial charge on any atom is -0.358 e. The quantitative estimate of drug-likeness (QED) is 0.732. The second kappa shape index (κ2) is 6.22. The van der Waals surface area contributed by atoms with Gasteiger partial charge in [-0.3, -0.25) is 0 Å². The zero-order valence-corrected chi connectivity index (χ0v) is 10.6. The van der Waals surface area contributed by atoms with E-state index in [9.17, 15) is 0 Å². The van der Waals surface area contributed by atoms with Crippen molar-refractivity contribution >= 4 is 11.4 Å². The van der Waals surface area contributed by atoms with Gasteiger partial charge in [-0.1, -0.05) is 36.4 Å². The number of para-hydroxylation sites is 2. The Morgan fingerprint density at radius 1 is 0.944 bits per heavy atom. The molecule has 0 amide bonds. The molecule has 0 bridgehead atoms. The van der Waals surface area contributed by atoms with Crippen LogP contribution in [0.3, 0.4) is 0 Å². The summed E-state index contributed by atoms with van der Waals surface area (Å²) in [5, 5.41) is 0. The molecule has 0 heterocycles. The Morgan fingerprint density at radius 3 is 1.78 bits per heavy atom. The highest BCUT2D eigenvalue weighted by molar-refractivity contribution is 5.63. The van der Waals surface area contributed by atoms with Crippen molar-refractivity contribution in [2.24, 2.45) is 0 Å². The van der Waals surface area contributed by atoms with Gasteiger partial charge in [0.2, 0.25) is 0 Å². The van der Waals surface area contributed by atoms with Gasteiger partial charge in [-0.05, 0) is 38.1 Å². The summed E-state index contributed by atoms with van der Waals surface area (Å²) < 4.78 is 5.63. The zero-order valence-electron chi connectivity index (χ0n) is 10.6. The van der Waals surface area contributed by atoms with Crippen molar-refractivity contribution in [1.82, 2.24) is 0 Å². The van der Waals surface area contributed by atoms with Crippen LogP contribution in [0.1, 0.15) is 6.92 Å². The summed E-state index contributed by atoms with van der Waals surface area (Å²) in [6.45, 7) is 6.71. The molecular weight excluding hydrogens is 222 g/mol. The average molecular weight is 240 g/mol. The van der Waals surface area contributed by atoms with Gasteiger partial charge < -0.3 is 9.64 Å². The van der Waals surface area contributed by atoms with Crippen molar-refractivity contribution in [3.63, 3.8) is 0 Å². The first-order valence-corrected chi connectivity index (χ1v) is 6.17. The summed E-state index contributed by atoms with van der Waals surface area (Å²) in [4.78, 5) is 2.09. The summed E-state index contributed by atoms with van der Waals surface area (Å²) in [7, 11) is 0. The van der Waals surface area contributed by atoms with Crippen LogP contribution in [0.5, 0.6) is 0 Å². The van der Waals surface area contributed by atoms with E-state index < -0.39 is 0 Å². The molecule has 0 saturated carbocycles. The van der Waals surface area contributed by atoms with E-state index in [1.165, 1.54) is 0 Å². The molecule has 0 aliphatic carbocycles. The van der Waals surface area contributed by atoms with E-state index >= 15 is 0 Å². The molecule has 2 aromatic carbocycles. The van der Waals surface area contributed by atoms with Crippen LogP contribution in [-0.2, 0) is 4.74 Å². The van der Waals surface area contributed by atoms with Gasteiger partial charge in [0.25, 0.3) is 0 Å². The SMILES string of the molecule is [CH2]C(OCC)N(c1ccccc1)c1ccccc1. The fourth-order valence-corrected chi connectivity index (χ4v) is 1.93. The van der Waals surface area contributed by atoms with Crippen LogP contribution in [0.25, 0.3) is 0 Å². The lowest BCUT2D eigenvalue weighted by molar-refractivity contribution is 0.0989. The summed E-state index contributed by atoms with van der Waals surface area (Å²) in [5.74, 6) is 0. The zero-order chi connectivity index (χ0) is 12.8. The van der Waals surface area contributed by atoms with Crippen molar-refractivity contribution in [3.8, 4) is 0 Å². The Hall–Kier alpha value is -1.80. The lowest BCUT2D eigenvalue weighted by Gasteiger charge is -2.30. The van der Waals surface area contributed by atoms with Crippen LogP contribution in [0, 0.1) is 6.92 Å². The maximum absolute atomic E-state index is 5.63. The number of benzene rings is 2. The average Bonchev–Trinajstić information content (AvgIpc) is 2.42. The van der Waals surface area contributed by atoms with Crippen LogP contribution in [-0.4, -0.2) is 12.8 Å². The smallest absolute Gasteiger partial charge is 0.134 e. The molecule has 2 nitrogen and oxygen atoms in total. The van der Waals surface area contributed by atoms with E-state index in [1.54, 1.807) is 0 Å². The third-order valence-electron chi connectivity index (χ3n) is 2.72. The van der Waals surface area contributed by atoms with Crippen LogP contribution in [0.15, 0.2) is 60.7 Å². The largest absolute Gasteiger partial charge is 0.358 e. The van der Waals surface area contributed by atoms with Gasteiger partial charge in [-0.15, -0.1) is 0 Å². The Kier molecular flexibility index (Phi) is 4.37. The molecule has 93 valence electrons. The third-order valence-corrected chi connectivity index (χ3v) is 2.72. The lowest BCUT2D eigenvalue weighted by atomic mass is 10.2. The third kappa shape index (κ3) is 2.90. The molecule has 0 N–H and O–H groups in total. The molecule has 0 spiro atoms. The van der Waals surface area contributed by atoms with Crippen molar-refractivity contribution in [1.29, 1.82) is 0 Å². The van der Waals surface area contributed by atoms with Crippen LogP contribution >= 0.6 is 0 Å². The topological polar surface area (TPSA) is 12.5 Å². The maximum Gasteiger partial charge on any atom is 0.134 e. The van der Waals surface area contributed by atoms with Crippen LogP contribution < -0.4 is 4.90 Å². The molecule has 2 rings (SSSR count). The summed E-state index contributed by atoms with van der Waals surface area (Å²) in [5.41, 5.74) is 2.16. The maximum atomic E-state index is 5.63. The number of anilines is 2. The Balaban J connectivity index is 2.35. The van der Waals surface area contributed by atoms with Gasteiger partial charge in [0.1, 0.15) is 6.23 Å². The van der Waals surface area contributed by atoms with E-state index in [4.69, 9.17) is 4.74 Å². The first-order valence-electron chi connectivity index (χ1n) is 6.17. The van der Waals surface area contributed by atoms with Gasteiger partial charge in [0, 0.05) is 18.0 Å². The molecule has 1 atom stereocenters. The second-order valence-electron chi connectivity index (χ2n) is 3.95. The Bertz CT molecular complexity index is 416. The van der Waals surface area contributed by atoms with Crippen LogP contribution in [0.4, 0.5) is 11.4 Å². The van der Waals surface area contributed by atoms with Crippen molar-refractivity contribution < 1.29 is 4.74 Å². The van der Waals surface area contributed by atoms with Crippen molar-refractivity contribution in [3.05, 3.63) is 67.6 Å². The van der Waals surface area contributed by atoms with E-state index in [-0.39, 0.29) is 6.23 Å². The highest BCUT2D eigenvalue weighted by Gasteiger charge is 2.16. The number of hydrogen-bond acceptors (Lipinski definition) is 2. The molecule has 1 radical (unpaired) electrons. The summed E-state index contributed by atoms with van der Waals surface area (Å²) >= 11 is 0. The first kappa shape index (κ1) is 12.7. The van der Waals surface area contributed by atoms with E-state index in [0.29, 0.717) is 6.61 Å². The van der Waals surface area contributed by atoms with Gasteiger partial charge >= 0.3 is 0 Å². The van der Waals surface area contributed by atoms with E-state index in [1.807, 2.05) is 43.3 Å². The van der Waals surface area contributed by atoms with Gasteiger partial charge in [0.15, 0.2) is 0 Å². The number of nitrogens with zero attached hydrogens (tertiary/aromatic N) is 1. The molecule has 2 heteroatoms. The predicted octanol–water partition coefficient (Wildman–Crippen LogP) is 4.02. The monoisotopic (exact) mass is 240 g/mol. The Morgan fingerprint density at radius 2 is 1.39 bits per heavy atom. The highest BCUT2D eigenvalue weighted by Crippen LogP contribution is 2.27. The highest BCUT2D eigenvalue weighted by atomic mass is 16.5. The van der Waals surface area contributed by atoms with Gasteiger partial charge in [0.05, 0.1) is 0 Å². The minimum atomic E-state index is -0.236. The van der Waals surface area contributed by atoms with Gasteiger partial charge in [-0.2, -0.15) is 0 Å². The standard InChI is InChI=1S/C16H18NO/c1-3-18-14(2)17(15-10-6-4-7-11-15)16-12-8-5-9-13-16/h4-14H,2-3H2,1H3. The molecular formula is C16H18NO. The van der Waals surface area contributed by atoms with E-state index in [2.05, 4.69) is 36.1 Å². The van der Waals surface area contributed by atoms with Crippen LogP contribution in [0.2, 0.25) is 0 Å². The number of ether oxygens (including phenoxy) is 1. The molecule has 1 unspecified atom stereocenters. The molecule has 0 saturated heterocycles. The predicted molar refractivity (Wildman–Crippen MR) is 75.8 cm³/mol. The number of hydrogen-bond donors (Lipinski definition) is 0. The molecule has 18 heavy (non-hydrogen) atoms. The number of rotatable bonds is 5. The second-order valence-corrected chi connectivity index (χ2v) is 3.95. The van der Waals surface area contributed by atoms with Crippen molar-refractivity contribution in [2.75, 3.05) is 11.5 Å². The Labute approximate surface area is 109 Å².